The van der Waals surface area contributed by atoms with Crippen LogP contribution in [0, 0.1) is 11.3 Å². The minimum atomic E-state index is -0.929. The molecule has 7 nitrogen and oxygen atoms in total. The van der Waals surface area contributed by atoms with Crippen molar-refractivity contribution < 1.29 is 15.3 Å². The van der Waals surface area contributed by atoms with Gasteiger partial charge >= 0.3 is 0 Å². The smallest absolute Gasteiger partial charge is 0.162 e. The van der Waals surface area contributed by atoms with E-state index in [4.69, 9.17) is 5.73 Å². The minimum Gasteiger partial charge on any atom is -0.397 e. The van der Waals surface area contributed by atoms with Gasteiger partial charge in [-0.05, 0) is 18.4 Å². The average molecular weight is 276 g/mol. The number of fused-ring (bicyclic) bond motifs is 2. The SMILES string of the molecule is Nc1ccnc2c1ncn2[C@H]1[C@H](O)[C@H](O)[C@]2(CO)C[C@H]12. The van der Waals surface area contributed by atoms with Crippen LogP contribution < -0.4 is 5.73 Å². The monoisotopic (exact) mass is 276 g/mol. The third-order valence-corrected chi connectivity index (χ3v) is 4.96. The number of pyridine rings is 1. The molecule has 0 aliphatic heterocycles. The summed E-state index contributed by atoms with van der Waals surface area (Å²) in [6.07, 6.45) is 2.05. The molecule has 0 amide bonds. The number of rotatable bonds is 2. The van der Waals surface area contributed by atoms with Gasteiger partial charge in [0.1, 0.15) is 11.6 Å². The van der Waals surface area contributed by atoms with E-state index in [2.05, 4.69) is 9.97 Å². The molecule has 5 atom stereocenters. The zero-order valence-electron chi connectivity index (χ0n) is 10.7. The van der Waals surface area contributed by atoms with Gasteiger partial charge in [-0.1, -0.05) is 0 Å². The Morgan fingerprint density at radius 3 is 2.90 bits per heavy atom. The van der Waals surface area contributed by atoms with Crippen molar-refractivity contribution in [3.63, 3.8) is 0 Å². The van der Waals surface area contributed by atoms with Gasteiger partial charge in [-0.2, -0.15) is 0 Å². The average Bonchev–Trinajstić information content (AvgIpc) is 2.95. The highest BCUT2D eigenvalue weighted by molar-refractivity contribution is 5.83. The summed E-state index contributed by atoms with van der Waals surface area (Å²) >= 11 is 0. The maximum atomic E-state index is 10.3. The maximum absolute atomic E-state index is 10.3. The van der Waals surface area contributed by atoms with Gasteiger partial charge in [-0.3, -0.25) is 0 Å². The molecule has 0 radical (unpaired) electrons. The number of hydrogen-bond acceptors (Lipinski definition) is 6. The molecule has 2 saturated carbocycles. The van der Waals surface area contributed by atoms with Crippen LogP contribution in [0.1, 0.15) is 12.5 Å². The first kappa shape index (κ1) is 12.1. The first-order chi connectivity index (χ1) is 9.60. The number of aliphatic hydroxyl groups is 3. The van der Waals surface area contributed by atoms with Gasteiger partial charge in [0.05, 0.1) is 30.8 Å². The van der Waals surface area contributed by atoms with E-state index < -0.39 is 17.6 Å². The molecule has 4 rings (SSSR count). The lowest BCUT2D eigenvalue weighted by atomic mass is 10.0. The summed E-state index contributed by atoms with van der Waals surface area (Å²) in [4.78, 5) is 8.52. The summed E-state index contributed by atoms with van der Waals surface area (Å²) in [5, 5.41) is 29.9. The number of hydrogen-bond donors (Lipinski definition) is 4. The Morgan fingerprint density at radius 1 is 1.40 bits per heavy atom. The number of nitrogen functional groups attached to an aromatic ring is 1. The number of nitrogens with two attached hydrogens (primary N) is 1. The lowest BCUT2D eigenvalue weighted by Gasteiger charge is -2.23. The maximum Gasteiger partial charge on any atom is 0.162 e. The van der Waals surface area contributed by atoms with Crippen LogP contribution in [0.2, 0.25) is 0 Å². The highest BCUT2D eigenvalue weighted by Gasteiger charge is 2.71. The van der Waals surface area contributed by atoms with Crippen molar-refractivity contribution in [3.05, 3.63) is 18.6 Å². The summed E-state index contributed by atoms with van der Waals surface area (Å²) in [5.41, 5.74) is 7.02. The van der Waals surface area contributed by atoms with Crippen molar-refractivity contribution in [1.82, 2.24) is 14.5 Å². The molecule has 20 heavy (non-hydrogen) atoms. The largest absolute Gasteiger partial charge is 0.397 e. The fraction of sp³-hybridized carbons (Fsp3) is 0.538. The van der Waals surface area contributed by atoms with Crippen LogP contribution in [0.4, 0.5) is 5.69 Å². The second-order valence-electron chi connectivity index (χ2n) is 5.85. The van der Waals surface area contributed by atoms with Gasteiger partial charge < -0.3 is 25.6 Å². The Balaban J connectivity index is 1.83. The number of nitrogens with zero attached hydrogens (tertiary/aromatic N) is 3. The Morgan fingerprint density at radius 2 is 2.20 bits per heavy atom. The van der Waals surface area contributed by atoms with E-state index in [1.54, 1.807) is 23.2 Å². The molecule has 106 valence electrons. The zero-order valence-corrected chi connectivity index (χ0v) is 10.7. The van der Waals surface area contributed by atoms with Crippen LogP contribution in [0.5, 0.6) is 0 Å². The third kappa shape index (κ3) is 1.25. The fourth-order valence-electron chi connectivity index (χ4n) is 3.72. The third-order valence-electron chi connectivity index (χ3n) is 4.96. The standard InChI is InChI=1S/C13H16N4O3/c14-7-1-2-15-12-8(7)16-5-17(12)9-6-3-13(6,4-18)11(20)10(9)19/h1-2,5-6,9-11,18-20H,3-4H2,(H2,14,15)/t6-,9-,10+,11+,13+/m1/s1. The molecule has 0 spiro atoms. The van der Waals surface area contributed by atoms with Gasteiger partial charge in [0, 0.05) is 11.6 Å². The predicted molar refractivity (Wildman–Crippen MR) is 70.6 cm³/mol. The summed E-state index contributed by atoms with van der Waals surface area (Å²) in [6, 6.07) is 1.35. The van der Waals surface area contributed by atoms with Crippen LogP contribution in [0.25, 0.3) is 11.2 Å². The summed E-state index contributed by atoms with van der Waals surface area (Å²) in [6.45, 7) is -0.116. The molecule has 2 heterocycles. The minimum absolute atomic E-state index is 0.0399. The Bertz CT molecular complexity index is 687. The summed E-state index contributed by atoms with van der Waals surface area (Å²) < 4.78 is 1.77. The van der Waals surface area contributed by atoms with Crippen molar-refractivity contribution in [2.45, 2.75) is 24.7 Å². The first-order valence-electron chi connectivity index (χ1n) is 6.64. The van der Waals surface area contributed by atoms with E-state index in [0.717, 1.165) is 0 Å². The molecule has 2 aromatic rings. The molecule has 0 unspecified atom stereocenters. The van der Waals surface area contributed by atoms with Crippen LogP contribution >= 0.6 is 0 Å². The molecule has 2 aliphatic carbocycles. The first-order valence-corrected chi connectivity index (χ1v) is 6.64. The van der Waals surface area contributed by atoms with E-state index in [9.17, 15) is 15.3 Å². The second kappa shape index (κ2) is 3.69. The highest BCUT2D eigenvalue weighted by Crippen LogP contribution is 2.67. The van der Waals surface area contributed by atoms with E-state index >= 15 is 0 Å². The van der Waals surface area contributed by atoms with Crippen molar-refractivity contribution in [2.24, 2.45) is 11.3 Å². The highest BCUT2D eigenvalue weighted by atomic mass is 16.3. The molecular weight excluding hydrogens is 260 g/mol. The number of imidazole rings is 1. The van der Waals surface area contributed by atoms with Gasteiger partial charge in [0.2, 0.25) is 0 Å². The molecule has 7 heteroatoms. The molecule has 0 aromatic carbocycles. The predicted octanol–water partition coefficient (Wildman–Crippen LogP) is -0.711. The lowest BCUT2D eigenvalue weighted by molar-refractivity contribution is -0.0300. The fourth-order valence-corrected chi connectivity index (χ4v) is 3.72. The molecular formula is C13H16N4O3. The Hall–Kier alpha value is -1.70. The van der Waals surface area contributed by atoms with Gasteiger partial charge in [-0.25, -0.2) is 9.97 Å². The van der Waals surface area contributed by atoms with E-state index in [-0.39, 0.29) is 18.6 Å². The molecule has 2 aromatic heterocycles. The van der Waals surface area contributed by atoms with Crippen LogP contribution in [-0.4, -0.2) is 48.7 Å². The van der Waals surface area contributed by atoms with Gasteiger partial charge in [0.25, 0.3) is 0 Å². The Kier molecular flexibility index (Phi) is 2.23. The van der Waals surface area contributed by atoms with Crippen molar-refractivity contribution in [2.75, 3.05) is 12.3 Å². The van der Waals surface area contributed by atoms with Crippen LogP contribution in [-0.2, 0) is 0 Å². The van der Waals surface area contributed by atoms with E-state index in [1.165, 1.54) is 0 Å². The lowest BCUT2D eigenvalue weighted by Crippen LogP contribution is -2.35. The van der Waals surface area contributed by atoms with E-state index in [1.807, 2.05) is 0 Å². The summed E-state index contributed by atoms with van der Waals surface area (Å²) in [5.74, 6) is 0.0399. The van der Waals surface area contributed by atoms with Gasteiger partial charge in [-0.15, -0.1) is 0 Å². The normalized spacial score (nSPS) is 39.1. The Labute approximate surface area is 114 Å². The zero-order chi connectivity index (χ0) is 14.1. The topological polar surface area (TPSA) is 117 Å². The molecule has 0 bridgehead atoms. The van der Waals surface area contributed by atoms with Crippen LogP contribution in [0.15, 0.2) is 18.6 Å². The quantitative estimate of drug-likeness (QED) is 0.575. The van der Waals surface area contributed by atoms with Crippen molar-refractivity contribution in [3.8, 4) is 0 Å². The van der Waals surface area contributed by atoms with Crippen molar-refractivity contribution >= 4 is 16.9 Å². The molecule has 2 aliphatic rings. The molecule has 2 fully saturated rings. The number of anilines is 1. The van der Waals surface area contributed by atoms with E-state index in [0.29, 0.717) is 23.3 Å². The number of aromatic nitrogens is 3. The molecule has 0 saturated heterocycles. The summed E-state index contributed by atoms with van der Waals surface area (Å²) in [7, 11) is 0. The van der Waals surface area contributed by atoms with Gasteiger partial charge in [0.15, 0.2) is 5.65 Å². The van der Waals surface area contributed by atoms with Crippen molar-refractivity contribution in [1.29, 1.82) is 0 Å². The number of aliphatic hydroxyl groups excluding tert-OH is 3. The van der Waals surface area contributed by atoms with Crippen LogP contribution in [0.3, 0.4) is 0 Å². The second-order valence-corrected chi connectivity index (χ2v) is 5.85. The molecule has 5 N–H and O–H groups in total.